The number of halogens is 1. The minimum atomic E-state index is -3.69. The molecule has 0 amide bonds. The van der Waals surface area contributed by atoms with Crippen molar-refractivity contribution in [1.82, 2.24) is 14.7 Å². The van der Waals surface area contributed by atoms with E-state index in [0.29, 0.717) is 5.16 Å². The fraction of sp³-hybridized carbons (Fsp3) is 0.556. The van der Waals surface area contributed by atoms with Gasteiger partial charge in [0.15, 0.2) is 10.3 Å². The van der Waals surface area contributed by atoms with Crippen LogP contribution in [0.1, 0.15) is 20.8 Å². The summed E-state index contributed by atoms with van der Waals surface area (Å²) in [5.74, 6) is 0. The topological polar surface area (TPSA) is 72.0 Å². The molecule has 1 rings (SSSR count). The Morgan fingerprint density at radius 3 is 2.41 bits per heavy atom. The van der Waals surface area contributed by atoms with E-state index < -0.39 is 15.6 Å². The lowest BCUT2D eigenvalue weighted by Crippen LogP contribution is -2.40. The molecule has 1 heterocycles. The van der Waals surface area contributed by atoms with Gasteiger partial charge < -0.3 is 0 Å². The van der Waals surface area contributed by atoms with Crippen LogP contribution in [0.2, 0.25) is 5.15 Å². The second-order valence-corrected chi connectivity index (χ2v) is 7.15. The first-order chi connectivity index (χ1) is 7.65. The maximum Gasteiger partial charge on any atom is 0.245 e. The Kier molecular flexibility index (Phi) is 4.40. The van der Waals surface area contributed by atoms with Crippen LogP contribution in [0.5, 0.6) is 0 Å². The summed E-state index contributed by atoms with van der Waals surface area (Å²) in [5, 5.41) is 0.366. The molecule has 0 unspecified atom stereocenters. The zero-order valence-corrected chi connectivity index (χ0v) is 12.4. The van der Waals surface area contributed by atoms with Crippen molar-refractivity contribution in [3.05, 3.63) is 11.3 Å². The van der Waals surface area contributed by atoms with E-state index in [1.54, 1.807) is 27.0 Å². The average Bonchev–Trinajstić information content (AvgIpc) is 2.13. The van der Waals surface area contributed by atoms with E-state index >= 15 is 0 Å². The van der Waals surface area contributed by atoms with Crippen molar-refractivity contribution in [3.63, 3.8) is 0 Å². The van der Waals surface area contributed by atoms with Crippen molar-refractivity contribution >= 4 is 33.4 Å². The van der Waals surface area contributed by atoms with Gasteiger partial charge in [0.05, 0.1) is 6.20 Å². The predicted octanol–water partition coefficient (Wildman–Crippen LogP) is 1.93. The highest BCUT2D eigenvalue weighted by molar-refractivity contribution is 7.98. The number of hydrogen-bond donors (Lipinski definition) is 1. The van der Waals surface area contributed by atoms with Gasteiger partial charge in [-0.25, -0.2) is 23.1 Å². The van der Waals surface area contributed by atoms with E-state index in [1.807, 2.05) is 0 Å². The molecule has 0 aromatic carbocycles. The minimum Gasteiger partial charge on any atom is -0.230 e. The molecule has 0 aliphatic heterocycles. The third-order valence-corrected chi connectivity index (χ3v) is 4.32. The molecule has 0 atom stereocenters. The van der Waals surface area contributed by atoms with E-state index in [0.717, 1.165) is 0 Å². The molecule has 0 spiro atoms. The maximum absolute atomic E-state index is 12.0. The standard InChI is InChI=1S/C9H14ClN3O2S2/c1-9(2,3)13-17(14,15)6-5-11-8(16-4)12-7(6)10/h5,13H,1-4H3. The fourth-order valence-corrected chi connectivity index (χ4v) is 3.27. The molecule has 0 saturated carbocycles. The van der Waals surface area contributed by atoms with Crippen LogP contribution in [0.3, 0.4) is 0 Å². The van der Waals surface area contributed by atoms with E-state index in [1.165, 1.54) is 18.0 Å². The molecular weight excluding hydrogens is 282 g/mol. The monoisotopic (exact) mass is 295 g/mol. The van der Waals surface area contributed by atoms with Crippen molar-refractivity contribution in [1.29, 1.82) is 0 Å². The first kappa shape index (κ1) is 14.7. The number of nitrogens with zero attached hydrogens (tertiary/aromatic N) is 2. The molecule has 0 saturated heterocycles. The van der Waals surface area contributed by atoms with Crippen molar-refractivity contribution in [2.24, 2.45) is 0 Å². The molecule has 1 N–H and O–H groups in total. The van der Waals surface area contributed by atoms with Gasteiger partial charge in [-0.3, -0.25) is 0 Å². The van der Waals surface area contributed by atoms with Crippen molar-refractivity contribution < 1.29 is 8.42 Å². The molecule has 1 aromatic rings. The predicted molar refractivity (Wildman–Crippen MR) is 68.9 cm³/mol. The van der Waals surface area contributed by atoms with Gasteiger partial charge in [0.2, 0.25) is 10.0 Å². The first-order valence-corrected chi connectivity index (χ1v) is 7.85. The summed E-state index contributed by atoms with van der Waals surface area (Å²) in [6.45, 7) is 5.24. The number of hydrogen-bond acceptors (Lipinski definition) is 5. The summed E-state index contributed by atoms with van der Waals surface area (Å²) in [4.78, 5) is 7.68. The lowest BCUT2D eigenvalue weighted by atomic mass is 10.1. The van der Waals surface area contributed by atoms with E-state index in [9.17, 15) is 8.42 Å². The van der Waals surface area contributed by atoms with Gasteiger partial charge in [-0.2, -0.15) is 0 Å². The number of thioether (sulfide) groups is 1. The third kappa shape index (κ3) is 4.09. The largest absolute Gasteiger partial charge is 0.245 e. The van der Waals surface area contributed by atoms with Crippen molar-refractivity contribution in [3.8, 4) is 0 Å². The van der Waals surface area contributed by atoms with Gasteiger partial charge in [-0.05, 0) is 27.0 Å². The van der Waals surface area contributed by atoms with Gasteiger partial charge in [-0.1, -0.05) is 23.4 Å². The summed E-state index contributed by atoms with van der Waals surface area (Å²) >= 11 is 7.13. The Hall–Kier alpha value is -0.370. The Morgan fingerprint density at radius 2 is 2.00 bits per heavy atom. The molecule has 0 aliphatic carbocycles. The molecule has 5 nitrogen and oxygen atoms in total. The lowest BCUT2D eigenvalue weighted by molar-refractivity contribution is 0.491. The molecular formula is C9H14ClN3O2S2. The maximum atomic E-state index is 12.0. The van der Waals surface area contributed by atoms with Crippen LogP contribution >= 0.6 is 23.4 Å². The molecule has 8 heteroatoms. The number of rotatable bonds is 3. The first-order valence-electron chi connectivity index (χ1n) is 4.76. The van der Waals surface area contributed by atoms with Crippen LogP contribution in [0.25, 0.3) is 0 Å². The van der Waals surface area contributed by atoms with Gasteiger partial charge in [0, 0.05) is 5.54 Å². The normalized spacial score (nSPS) is 12.8. The Morgan fingerprint density at radius 1 is 1.41 bits per heavy atom. The molecule has 1 aromatic heterocycles. The number of sulfonamides is 1. The second kappa shape index (κ2) is 5.09. The van der Waals surface area contributed by atoms with Gasteiger partial charge in [-0.15, -0.1) is 0 Å². The highest BCUT2D eigenvalue weighted by atomic mass is 35.5. The third-order valence-electron chi connectivity index (χ3n) is 1.60. The van der Waals surface area contributed by atoms with Gasteiger partial charge >= 0.3 is 0 Å². The minimum absolute atomic E-state index is 0.0684. The van der Waals surface area contributed by atoms with Crippen LogP contribution < -0.4 is 4.72 Å². The van der Waals surface area contributed by atoms with Gasteiger partial charge in [0.25, 0.3) is 0 Å². The van der Waals surface area contributed by atoms with Crippen molar-refractivity contribution in [2.75, 3.05) is 6.26 Å². The zero-order valence-electron chi connectivity index (χ0n) is 9.98. The quantitative estimate of drug-likeness (QED) is 0.524. The summed E-state index contributed by atoms with van der Waals surface area (Å²) in [6.07, 6.45) is 3.00. The van der Waals surface area contributed by atoms with Crippen LogP contribution in [0.4, 0.5) is 0 Å². The molecule has 0 bridgehead atoms. The Labute approximate surface area is 110 Å². The molecule has 0 radical (unpaired) electrons. The zero-order chi connectivity index (χ0) is 13.3. The summed E-state index contributed by atoms with van der Waals surface area (Å²) < 4.78 is 26.5. The van der Waals surface area contributed by atoms with Crippen LogP contribution in [-0.2, 0) is 10.0 Å². The summed E-state index contributed by atoms with van der Waals surface area (Å²) in [7, 11) is -3.69. The average molecular weight is 296 g/mol. The highest BCUT2D eigenvalue weighted by Gasteiger charge is 2.25. The lowest BCUT2D eigenvalue weighted by Gasteiger charge is -2.20. The van der Waals surface area contributed by atoms with E-state index in [4.69, 9.17) is 11.6 Å². The van der Waals surface area contributed by atoms with Gasteiger partial charge in [0.1, 0.15) is 4.90 Å². The number of aromatic nitrogens is 2. The van der Waals surface area contributed by atoms with E-state index in [2.05, 4.69) is 14.7 Å². The second-order valence-electron chi connectivity index (χ2n) is 4.37. The smallest absolute Gasteiger partial charge is 0.230 e. The Balaban J connectivity index is 3.16. The molecule has 17 heavy (non-hydrogen) atoms. The SMILES string of the molecule is CSc1ncc(S(=O)(=O)NC(C)(C)C)c(Cl)n1. The summed E-state index contributed by atoms with van der Waals surface area (Å²) in [5.41, 5.74) is -0.583. The Bertz CT molecular complexity index is 511. The fourth-order valence-electron chi connectivity index (χ4n) is 1.07. The molecule has 96 valence electrons. The molecule has 0 fully saturated rings. The van der Waals surface area contributed by atoms with Crippen molar-refractivity contribution in [2.45, 2.75) is 36.4 Å². The van der Waals surface area contributed by atoms with Crippen LogP contribution in [-0.4, -0.2) is 30.2 Å². The van der Waals surface area contributed by atoms with E-state index in [-0.39, 0.29) is 10.0 Å². The molecule has 0 aliphatic rings. The summed E-state index contributed by atoms with van der Waals surface area (Å²) in [6, 6.07) is 0. The van der Waals surface area contributed by atoms with Crippen LogP contribution in [0, 0.1) is 0 Å². The van der Waals surface area contributed by atoms with Crippen LogP contribution in [0.15, 0.2) is 16.2 Å². The number of nitrogens with one attached hydrogen (secondary N) is 1. The highest BCUT2D eigenvalue weighted by Crippen LogP contribution is 2.21.